The van der Waals surface area contributed by atoms with Crippen LogP contribution in [0.4, 0.5) is 0 Å². The summed E-state index contributed by atoms with van der Waals surface area (Å²) in [6.45, 7) is 0. The first-order valence-electron chi connectivity index (χ1n) is 6.27. The molecule has 0 heterocycles. The van der Waals surface area contributed by atoms with Crippen LogP contribution >= 0.6 is 0 Å². The van der Waals surface area contributed by atoms with E-state index in [9.17, 15) is 4.21 Å². The smallest absolute Gasteiger partial charge is 0.136 e. The van der Waals surface area contributed by atoms with Crippen LogP contribution in [0.15, 0.2) is 47.4 Å². The van der Waals surface area contributed by atoms with Gasteiger partial charge in [-0.2, -0.15) is 5.26 Å². The molecule has 2 aromatic rings. The van der Waals surface area contributed by atoms with E-state index < -0.39 is 10.8 Å². The lowest BCUT2D eigenvalue weighted by molar-refractivity contribution is 0.413. The lowest BCUT2D eigenvalue weighted by Gasteiger charge is -2.07. The maximum atomic E-state index is 12.4. The summed E-state index contributed by atoms with van der Waals surface area (Å²) in [5.74, 6) is 1.53. The molecule has 5 heteroatoms. The fourth-order valence-electron chi connectivity index (χ4n) is 1.90. The largest absolute Gasteiger partial charge is 0.497 e. The van der Waals surface area contributed by atoms with Gasteiger partial charge < -0.3 is 9.47 Å². The van der Waals surface area contributed by atoms with Crippen molar-refractivity contribution in [2.75, 3.05) is 14.2 Å². The number of ether oxygens (including phenoxy) is 2. The van der Waals surface area contributed by atoms with Crippen LogP contribution in [0.25, 0.3) is 0 Å². The summed E-state index contributed by atoms with van der Waals surface area (Å²) < 4.78 is 22.7. The zero-order valence-corrected chi connectivity index (χ0v) is 12.6. The fraction of sp³-hybridized carbons (Fsp3) is 0.188. The van der Waals surface area contributed by atoms with Crippen LogP contribution in [0.2, 0.25) is 0 Å². The quantitative estimate of drug-likeness (QED) is 0.852. The van der Waals surface area contributed by atoms with Gasteiger partial charge in [-0.15, -0.1) is 0 Å². The molecule has 0 spiro atoms. The molecule has 0 aliphatic rings. The number of benzene rings is 2. The van der Waals surface area contributed by atoms with Crippen molar-refractivity contribution in [3.8, 4) is 17.6 Å². The maximum Gasteiger partial charge on any atom is 0.136 e. The molecular weight excluding hydrogens is 286 g/mol. The second-order valence-corrected chi connectivity index (χ2v) is 5.77. The highest BCUT2D eigenvalue weighted by atomic mass is 32.2. The Morgan fingerprint density at radius 3 is 2.62 bits per heavy atom. The van der Waals surface area contributed by atoms with Gasteiger partial charge in [-0.3, -0.25) is 4.21 Å². The molecule has 0 amide bonds. The zero-order chi connectivity index (χ0) is 15.2. The van der Waals surface area contributed by atoms with Crippen molar-refractivity contribution in [3.63, 3.8) is 0 Å². The minimum atomic E-state index is -1.18. The number of nitrogens with zero attached hydrogens (tertiary/aromatic N) is 1. The maximum absolute atomic E-state index is 12.4. The predicted octanol–water partition coefficient (Wildman–Crippen LogP) is 2.88. The van der Waals surface area contributed by atoms with Gasteiger partial charge in [0, 0.05) is 4.90 Å². The molecule has 0 saturated heterocycles. The standard InChI is InChI=1S/C16H15NO3S/c1-19-14-4-3-5-15(9-14)21(18)11-12-6-7-13(10-17)16(8-12)20-2/h3-9H,11H2,1-2H3. The molecule has 1 unspecified atom stereocenters. The molecule has 4 nitrogen and oxygen atoms in total. The van der Waals surface area contributed by atoms with Crippen LogP contribution in [-0.2, 0) is 16.6 Å². The highest BCUT2D eigenvalue weighted by molar-refractivity contribution is 7.84. The molecule has 0 aliphatic carbocycles. The van der Waals surface area contributed by atoms with E-state index in [0.717, 1.165) is 5.56 Å². The number of hydrogen-bond acceptors (Lipinski definition) is 4. The Kier molecular flexibility index (Phi) is 4.96. The Hall–Kier alpha value is -2.32. The van der Waals surface area contributed by atoms with E-state index in [2.05, 4.69) is 6.07 Å². The van der Waals surface area contributed by atoms with Gasteiger partial charge >= 0.3 is 0 Å². The molecule has 0 radical (unpaired) electrons. The molecule has 2 rings (SSSR count). The first-order valence-corrected chi connectivity index (χ1v) is 7.59. The van der Waals surface area contributed by atoms with E-state index in [1.807, 2.05) is 12.1 Å². The van der Waals surface area contributed by atoms with Gasteiger partial charge in [0.05, 0.1) is 36.3 Å². The van der Waals surface area contributed by atoms with Gasteiger partial charge in [0.25, 0.3) is 0 Å². The minimum absolute atomic E-state index is 0.356. The van der Waals surface area contributed by atoms with Crippen LogP contribution in [0.1, 0.15) is 11.1 Å². The van der Waals surface area contributed by atoms with Crippen molar-refractivity contribution in [2.24, 2.45) is 0 Å². The van der Waals surface area contributed by atoms with Gasteiger partial charge in [-0.05, 0) is 35.9 Å². The SMILES string of the molecule is COc1cccc(S(=O)Cc2ccc(C#N)c(OC)c2)c1. The lowest BCUT2D eigenvalue weighted by atomic mass is 10.1. The van der Waals surface area contributed by atoms with E-state index in [4.69, 9.17) is 14.7 Å². The second kappa shape index (κ2) is 6.91. The summed E-state index contributed by atoms with van der Waals surface area (Å²) in [6, 6.07) is 14.5. The van der Waals surface area contributed by atoms with Crippen molar-refractivity contribution in [1.82, 2.24) is 0 Å². The van der Waals surface area contributed by atoms with Crippen molar-refractivity contribution < 1.29 is 13.7 Å². The molecule has 0 aromatic heterocycles. The third-order valence-corrected chi connectivity index (χ3v) is 4.36. The van der Waals surface area contributed by atoms with Gasteiger partial charge in [0.15, 0.2) is 0 Å². The Morgan fingerprint density at radius 1 is 1.14 bits per heavy atom. The molecule has 0 bridgehead atoms. The van der Waals surface area contributed by atoms with Gasteiger partial charge in [-0.1, -0.05) is 12.1 Å². The van der Waals surface area contributed by atoms with E-state index in [1.165, 1.54) is 7.11 Å². The van der Waals surface area contributed by atoms with Crippen LogP contribution in [-0.4, -0.2) is 18.4 Å². The fourth-order valence-corrected chi connectivity index (χ4v) is 3.02. The normalized spacial score (nSPS) is 11.5. The molecule has 0 N–H and O–H groups in total. The van der Waals surface area contributed by atoms with Gasteiger partial charge in [-0.25, -0.2) is 0 Å². The van der Waals surface area contributed by atoms with Crippen molar-refractivity contribution in [1.29, 1.82) is 5.26 Å². The molecule has 1 atom stereocenters. The summed E-state index contributed by atoms with van der Waals surface area (Å²) >= 11 is 0. The average Bonchev–Trinajstić information content (AvgIpc) is 2.54. The third kappa shape index (κ3) is 3.61. The summed E-state index contributed by atoms with van der Waals surface area (Å²) in [4.78, 5) is 0.706. The summed E-state index contributed by atoms with van der Waals surface area (Å²) in [5, 5.41) is 8.95. The second-order valence-electron chi connectivity index (χ2n) is 4.32. The molecular formula is C16H15NO3S. The summed E-state index contributed by atoms with van der Waals surface area (Å²) in [7, 11) is 1.91. The molecule has 0 aliphatic heterocycles. The monoisotopic (exact) mass is 301 g/mol. The van der Waals surface area contributed by atoms with Crippen LogP contribution in [0.3, 0.4) is 0 Å². The topological polar surface area (TPSA) is 59.3 Å². The predicted molar refractivity (Wildman–Crippen MR) is 80.8 cm³/mol. The number of hydrogen-bond donors (Lipinski definition) is 0. The Balaban J connectivity index is 2.21. The van der Waals surface area contributed by atoms with E-state index in [0.29, 0.717) is 27.7 Å². The van der Waals surface area contributed by atoms with Crippen molar-refractivity contribution in [2.45, 2.75) is 10.6 Å². The highest BCUT2D eigenvalue weighted by Crippen LogP contribution is 2.22. The third-order valence-electron chi connectivity index (χ3n) is 2.99. The molecule has 21 heavy (non-hydrogen) atoms. The van der Waals surface area contributed by atoms with E-state index >= 15 is 0 Å². The molecule has 0 fully saturated rings. The van der Waals surface area contributed by atoms with Crippen molar-refractivity contribution >= 4 is 10.8 Å². The average molecular weight is 301 g/mol. The number of nitriles is 1. The van der Waals surface area contributed by atoms with Crippen LogP contribution < -0.4 is 9.47 Å². The number of rotatable bonds is 5. The lowest BCUT2D eigenvalue weighted by Crippen LogP contribution is -1.98. The summed E-state index contributed by atoms with van der Waals surface area (Å²) in [5.41, 5.74) is 1.32. The first kappa shape index (κ1) is 15.1. The molecule has 108 valence electrons. The Morgan fingerprint density at radius 2 is 1.95 bits per heavy atom. The minimum Gasteiger partial charge on any atom is -0.497 e. The molecule has 2 aromatic carbocycles. The summed E-state index contributed by atoms with van der Waals surface area (Å²) in [6.07, 6.45) is 0. The van der Waals surface area contributed by atoms with E-state index in [-0.39, 0.29) is 0 Å². The molecule has 0 saturated carbocycles. The Labute approximate surface area is 126 Å². The Bertz CT molecular complexity index is 707. The highest BCUT2D eigenvalue weighted by Gasteiger charge is 2.09. The number of methoxy groups -OCH3 is 2. The van der Waals surface area contributed by atoms with Crippen molar-refractivity contribution in [3.05, 3.63) is 53.6 Å². The zero-order valence-electron chi connectivity index (χ0n) is 11.8. The van der Waals surface area contributed by atoms with Gasteiger partial charge in [0.2, 0.25) is 0 Å². The van der Waals surface area contributed by atoms with Crippen LogP contribution in [0, 0.1) is 11.3 Å². The van der Waals surface area contributed by atoms with Gasteiger partial charge in [0.1, 0.15) is 17.6 Å². The first-order chi connectivity index (χ1) is 10.2. The van der Waals surface area contributed by atoms with Crippen LogP contribution in [0.5, 0.6) is 11.5 Å². The van der Waals surface area contributed by atoms with E-state index in [1.54, 1.807) is 37.4 Å².